The Morgan fingerprint density at radius 1 is 1.32 bits per heavy atom. The predicted molar refractivity (Wildman–Crippen MR) is 129 cm³/mol. The molecule has 2 amide bonds. The second-order valence-corrected chi connectivity index (χ2v) is 9.90. The van der Waals surface area contributed by atoms with Crippen LogP contribution in [0.1, 0.15) is 42.0 Å². The van der Waals surface area contributed by atoms with Crippen LogP contribution in [0, 0.1) is 5.82 Å². The number of aryl methyl sites for hydroxylation is 1. The number of nitrogens with zero attached hydrogens (tertiary/aromatic N) is 1. The molecule has 0 spiro atoms. The number of carbonyl (C=O) groups is 2. The maximum atomic E-state index is 13.6. The fraction of sp³-hybridized carbons (Fsp3) is 0.520. The molecule has 2 heterocycles. The zero-order chi connectivity index (χ0) is 24.1. The Bertz CT molecular complexity index is 987. The van der Waals surface area contributed by atoms with Crippen molar-refractivity contribution in [3.05, 3.63) is 45.9 Å². The Balaban J connectivity index is 1.56. The van der Waals surface area contributed by atoms with Gasteiger partial charge in [0.15, 0.2) is 0 Å². The normalized spacial score (nSPS) is 18.9. The van der Waals surface area contributed by atoms with E-state index in [0.717, 1.165) is 53.1 Å². The molecule has 1 aliphatic heterocycles. The van der Waals surface area contributed by atoms with Gasteiger partial charge in [0.05, 0.1) is 19.8 Å². The smallest absolute Gasteiger partial charge is 0.406 e. The number of hydrogen-bond acceptors (Lipinski definition) is 6. The third kappa shape index (κ3) is 5.95. The monoisotopic (exact) mass is 489 g/mol. The minimum Gasteiger partial charge on any atom is -0.453 e. The summed E-state index contributed by atoms with van der Waals surface area (Å²) in [7, 11) is 1.34. The molecule has 0 radical (unpaired) electrons. The van der Waals surface area contributed by atoms with Crippen molar-refractivity contribution < 1.29 is 23.5 Å². The lowest BCUT2D eigenvalue weighted by molar-refractivity contribution is -0.148. The molecule has 1 aromatic carbocycles. The number of hydrogen-bond donors (Lipinski definition) is 2. The molecule has 1 saturated carbocycles. The number of thiophene rings is 1. The molecule has 2 atom stereocenters. The first-order valence-electron chi connectivity index (χ1n) is 11.8. The second kappa shape index (κ2) is 11.3. The quantitative estimate of drug-likeness (QED) is 0.523. The minimum atomic E-state index is -0.447. The van der Waals surface area contributed by atoms with Crippen LogP contribution in [0.4, 0.5) is 9.18 Å². The van der Waals surface area contributed by atoms with Gasteiger partial charge < -0.3 is 25.0 Å². The zero-order valence-corrected chi connectivity index (χ0v) is 20.5. The van der Waals surface area contributed by atoms with E-state index in [-0.39, 0.29) is 23.8 Å². The maximum absolute atomic E-state index is 13.6. The van der Waals surface area contributed by atoms with E-state index >= 15 is 0 Å². The number of amides is 2. The van der Waals surface area contributed by atoms with Gasteiger partial charge in [-0.05, 0) is 61.9 Å². The molecule has 2 N–H and O–H groups in total. The summed E-state index contributed by atoms with van der Waals surface area (Å²) in [5.74, 6) is -0.231. The molecule has 1 aliphatic carbocycles. The van der Waals surface area contributed by atoms with Gasteiger partial charge in [-0.1, -0.05) is 12.1 Å². The molecular formula is C25H32FN3O4S. The average Bonchev–Trinajstić information content (AvgIpc) is 3.60. The first kappa shape index (κ1) is 24.6. The van der Waals surface area contributed by atoms with E-state index in [2.05, 4.69) is 28.4 Å². The molecule has 0 bridgehead atoms. The summed E-state index contributed by atoms with van der Waals surface area (Å²) in [6.07, 6.45) is 2.62. The Kier molecular flexibility index (Phi) is 8.18. The van der Waals surface area contributed by atoms with Gasteiger partial charge in [0, 0.05) is 35.4 Å². The molecule has 9 heteroatoms. The van der Waals surface area contributed by atoms with E-state index in [1.807, 2.05) is 4.90 Å². The van der Waals surface area contributed by atoms with E-state index in [1.54, 1.807) is 23.5 Å². The van der Waals surface area contributed by atoms with Crippen LogP contribution in [0.2, 0.25) is 0 Å². The molecule has 4 rings (SSSR count). The van der Waals surface area contributed by atoms with Gasteiger partial charge in [-0.25, -0.2) is 9.18 Å². The Morgan fingerprint density at radius 2 is 2.09 bits per heavy atom. The lowest BCUT2D eigenvalue weighted by atomic mass is 10.0. The number of benzene rings is 1. The summed E-state index contributed by atoms with van der Waals surface area (Å²) in [5.41, 5.74) is 1.99. The number of morpholine rings is 1. The second-order valence-electron chi connectivity index (χ2n) is 8.73. The van der Waals surface area contributed by atoms with E-state index in [1.165, 1.54) is 19.2 Å². The summed E-state index contributed by atoms with van der Waals surface area (Å²) < 4.78 is 23.9. The van der Waals surface area contributed by atoms with E-state index in [0.29, 0.717) is 19.7 Å². The maximum Gasteiger partial charge on any atom is 0.406 e. The highest BCUT2D eigenvalue weighted by Gasteiger charge is 2.40. The zero-order valence-electron chi connectivity index (χ0n) is 19.6. The average molecular weight is 490 g/mol. The molecule has 2 fully saturated rings. The van der Waals surface area contributed by atoms with Crippen molar-refractivity contribution in [2.75, 3.05) is 33.4 Å². The summed E-state index contributed by atoms with van der Waals surface area (Å²) in [6, 6.07) is 8.79. The summed E-state index contributed by atoms with van der Waals surface area (Å²) in [4.78, 5) is 29.0. The van der Waals surface area contributed by atoms with Gasteiger partial charge in [0.25, 0.3) is 5.91 Å². The van der Waals surface area contributed by atoms with Crippen molar-refractivity contribution in [1.29, 1.82) is 0 Å². The van der Waals surface area contributed by atoms with E-state index < -0.39 is 12.2 Å². The molecule has 2 aliphatic rings. The van der Waals surface area contributed by atoms with Crippen molar-refractivity contribution >= 4 is 23.3 Å². The number of alkyl carbamates (subject to hydrolysis) is 1. The van der Waals surface area contributed by atoms with Crippen LogP contribution in [0.15, 0.2) is 30.3 Å². The van der Waals surface area contributed by atoms with Gasteiger partial charge in [0.1, 0.15) is 11.9 Å². The van der Waals surface area contributed by atoms with Crippen LogP contribution in [-0.4, -0.2) is 62.4 Å². The van der Waals surface area contributed by atoms with Crippen molar-refractivity contribution in [2.24, 2.45) is 0 Å². The van der Waals surface area contributed by atoms with Crippen LogP contribution in [0.3, 0.4) is 0 Å². The highest BCUT2D eigenvalue weighted by Crippen LogP contribution is 2.41. The highest BCUT2D eigenvalue weighted by molar-refractivity contribution is 7.12. The molecule has 184 valence electrons. The van der Waals surface area contributed by atoms with E-state index in [4.69, 9.17) is 4.74 Å². The van der Waals surface area contributed by atoms with Crippen LogP contribution in [0.25, 0.3) is 11.1 Å². The number of ether oxygens (including phenoxy) is 2. The molecule has 0 unspecified atom stereocenters. The number of nitrogens with one attached hydrogen (secondary N) is 2. The molecular weight excluding hydrogens is 457 g/mol. The van der Waals surface area contributed by atoms with Crippen LogP contribution in [0.5, 0.6) is 0 Å². The SMILES string of the molecule is COC(=O)NCCCc1sc([C@@H](C)N(C(=O)[C@H]2CNCCO2)C2CC2)cc1-c1ccc(F)cc1. The largest absolute Gasteiger partial charge is 0.453 e. The predicted octanol–water partition coefficient (Wildman–Crippen LogP) is 3.88. The van der Waals surface area contributed by atoms with E-state index in [9.17, 15) is 14.0 Å². The number of rotatable bonds is 9. The van der Waals surface area contributed by atoms with Crippen LogP contribution in [-0.2, 0) is 20.7 Å². The Morgan fingerprint density at radius 3 is 2.74 bits per heavy atom. The Hall–Kier alpha value is -2.49. The van der Waals surface area contributed by atoms with Crippen LogP contribution < -0.4 is 10.6 Å². The fourth-order valence-electron chi connectivity index (χ4n) is 4.29. The minimum absolute atomic E-state index is 0.0442. The van der Waals surface area contributed by atoms with Gasteiger partial charge in [0.2, 0.25) is 0 Å². The topological polar surface area (TPSA) is 79.9 Å². The molecule has 1 saturated heterocycles. The number of methoxy groups -OCH3 is 1. The Labute approximate surface area is 203 Å². The van der Waals surface area contributed by atoms with Crippen molar-refractivity contribution in [3.63, 3.8) is 0 Å². The molecule has 1 aromatic heterocycles. The number of carbonyl (C=O) groups excluding carboxylic acids is 2. The van der Waals surface area contributed by atoms with Gasteiger partial charge >= 0.3 is 6.09 Å². The number of halogens is 1. The van der Waals surface area contributed by atoms with Crippen molar-refractivity contribution in [2.45, 2.75) is 50.8 Å². The van der Waals surface area contributed by atoms with Crippen LogP contribution >= 0.6 is 11.3 Å². The fourth-order valence-corrected chi connectivity index (χ4v) is 5.57. The third-order valence-corrected chi connectivity index (χ3v) is 7.61. The molecule has 2 aromatic rings. The summed E-state index contributed by atoms with van der Waals surface area (Å²) >= 11 is 1.68. The summed E-state index contributed by atoms with van der Waals surface area (Å²) in [5, 5.41) is 5.96. The van der Waals surface area contributed by atoms with Gasteiger partial charge in [-0.2, -0.15) is 0 Å². The van der Waals surface area contributed by atoms with Gasteiger partial charge in [-0.15, -0.1) is 11.3 Å². The van der Waals surface area contributed by atoms with Crippen molar-refractivity contribution in [3.8, 4) is 11.1 Å². The lowest BCUT2D eigenvalue weighted by Crippen LogP contribution is -2.50. The first-order valence-corrected chi connectivity index (χ1v) is 12.6. The highest BCUT2D eigenvalue weighted by atomic mass is 32.1. The first-order chi connectivity index (χ1) is 16.5. The lowest BCUT2D eigenvalue weighted by Gasteiger charge is -2.33. The van der Waals surface area contributed by atoms with Gasteiger partial charge in [-0.3, -0.25) is 4.79 Å². The third-order valence-electron chi connectivity index (χ3n) is 6.25. The van der Waals surface area contributed by atoms with Crippen molar-refractivity contribution in [1.82, 2.24) is 15.5 Å². The summed E-state index contributed by atoms with van der Waals surface area (Å²) in [6.45, 7) is 4.43. The molecule has 34 heavy (non-hydrogen) atoms. The molecule has 7 nitrogen and oxygen atoms in total. The standard InChI is InChI=1S/C25H32FN3O4S/c1-16(29(19-9-10-19)24(30)21-15-27-12-13-33-21)23-14-20(17-5-7-18(26)8-6-17)22(34-23)4-3-11-28-25(31)32-2/h5-8,14,16,19,21,27H,3-4,9-13,15H2,1-2H3,(H,28,31)/t16-,21-/m1/s1.